The zero-order valence-electron chi connectivity index (χ0n) is 18.4. The number of amides is 2. The number of unbranched alkanes of at least 4 members (excludes halogenated alkanes) is 1. The SMILES string of the molecule is O=C1c2ccccc2C(=O)N1CCOc1cccc(OCCCCOCc2ccccc2)c1. The molecule has 1 aliphatic rings. The molecule has 0 radical (unpaired) electrons. The third kappa shape index (κ3) is 5.99. The predicted octanol–water partition coefficient (Wildman–Crippen LogP) is 4.74. The number of rotatable bonds is 12. The molecule has 3 aromatic rings. The van der Waals surface area contributed by atoms with Crippen molar-refractivity contribution >= 4 is 11.8 Å². The second-order valence-corrected chi connectivity index (χ2v) is 7.72. The van der Waals surface area contributed by atoms with Gasteiger partial charge in [-0.05, 0) is 42.7 Å². The summed E-state index contributed by atoms with van der Waals surface area (Å²) in [5.41, 5.74) is 2.07. The fraction of sp³-hybridized carbons (Fsp3) is 0.259. The number of imide groups is 1. The van der Waals surface area contributed by atoms with Crippen LogP contribution in [0.3, 0.4) is 0 Å². The molecule has 2 amide bonds. The molecule has 0 unspecified atom stereocenters. The van der Waals surface area contributed by atoms with Gasteiger partial charge < -0.3 is 14.2 Å². The molecule has 33 heavy (non-hydrogen) atoms. The molecule has 0 bridgehead atoms. The molecular formula is C27H27NO5. The zero-order valence-corrected chi connectivity index (χ0v) is 18.4. The quantitative estimate of drug-likeness (QED) is 0.298. The Morgan fingerprint density at radius 3 is 1.94 bits per heavy atom. The standard InChI is InChI=1S/C27H27NO5/c29-26-24-13-4-5-14-25(24)27(30)28(26)15-18-33-23-12-8-11-22(19-23)32-17-7-6-16-31-20-21-9-2-1-3-10-21/h1-5,8-14,19H,6-7,15-18,20H2. The van der Waals surface area contributed by atoms with Gasteiger partial charge in [-0.3, -0.25) is 14.5 Å². The number of carbonyl (C=O) groups excluding carboxylic acids is 2. The maximum Gasteiger partial charge on any atom is 0.261 e. The van der Waals surface area contributed by atoms with E-state index in [0.717, 1.165) is 18.6 Å². The summed E-state index contributed by atoms with van der Waals surface area (Å²) in [5, 5.41) is 0. The van der Waals surface area contributed by atoms with Crippen LogP contribution >= 0.6 is 0 Å². The maximum atomic E-state index is 12.4. The molecule has 170 valence electrons. The predicted molar refractivity (Wildman–Crippen MR) is 125 cm³/mol. The van der Waals surface area contributed by atoms with Gasteiger partial charge in [0, 0.05) is 12.7 Å². The minimum absolute atomic E-state index is 0.195. The van der Waals surface area contributed by atoms with Gasteiger partial charge in [0.25, 0.3) is 11.8 Å². The van der Waals surface area contributed by atoms with Crippen molar-refractivity contribution in [2.24, 2.45) is 0 Å². The number of benzene rings is 3. The lowest BCUT2D eigenvalue weighted by molar-refractivity contribution is 0.0631. The van der Waals surface area contributed by atoms with Crippen molar-refractivity contribution in [2.45, 2.75) is 19.4 Å². The average Bonchev–Trinajstić information content (AvgIpc) is 3.09. The van der Waals surface area contributed by atoms with Crippen molar-refractivity contribution < 1.29 is 23.8 Å². The van der Waals surface area contributed by atoms with Crippen LogP contribution in [0.4, 0.5) is 0 Å². The van der Waals surface area contributed by atoms with Crippen LogP contribution in [-0.2, 0) is 11.3 Å². The summed E-state index contributed by atoms with van der Waals surface area (Å²) in [6, 6.07) is 24.4. The molecule has 0 fully saturated rings. The molecule has 0 aromatic heterocycles. The fourth-order valence-corrected chi connectivity index (χ4v) is 3.61. The highest BCUT2D eigenvalue weighted by Gasteiger charge is 2.34. The topological polar surface area (TPSA) is 65.1 Å². The molecule has 3 aromatic carbocycles. The monoisotopic (exact) mass is 445 g/mol. The minimum atomic E-state index is -0.274. The lowest BCUT2D eigenvalue weighted by atomic mass is 10.1. The van der Waals surface area contributed by atoms with E-state index in [-0.39, 0.29) is 25.0 Å². The molecule has 6 nitrogen and oxygen atoms in total. The van der Waals surface area contributed by atoms with Crippen molar-refractivity contribution in [3.63, 3.8) is 0 Å². The second kappa shape index (κ2) is 11.3. The average molecular weight is 446 g/mol. The highest BCUT2D eigenvalue weighted by molar-refractivity contribution is 6.21. The molecule has 0 saturated heterocycles. The summed E-state index contributed by atoms with van der Waals surface area (Å²) in [4.78, 5) is 26.0. The van der Waals surface area contributed by atoms with Crippen molar-refractivity contribution in [3.8, 4) is 11.5 Å². The van der Waals surface area contributed by atoms with Gasteiger partial charge >= 0.3 is 0 Å². The van der Waals surface area contributed by atoms with Gasteiger partial charge in [-0.2, -0.15) is 0 Å². The number of hydrogen-bond donors (Lipinski definition) is 0. The van der Waals surface area contributed by atoms with Gasteiger partial charge in [-0.15, -0.1) is 0 Å². The van der Waals surface area contributed by atoms with Crippen molar-refractivity contribution in [1.29, 1.82) is 0 Å². The molecule has 0 N–H and O–H groups in total. The zero-order chi connectivity index (χ0) is 22.9. The second-order valence-electron chi connectivity index (χ2n) is 7.72. The van der Waals surface area contributed by atoms with E-state index in [1.165, 1.54) is 10.5 Å². The van der Waals surface area contributed by atoms with Crippen LogP contribution < -0.4 is 9.47 Å². The summed E-state index contributed by atoms with van der Waals surface area (Å²) in [6.07, 6.45) is 1.81. The van der Waals surface area contributed by atoms with E-state index in [9.17, 15) is 9.59 Å². The molecule has 1 heterocycles. The molecular weight excluding hydrogens is 418 g/mol. The van der Waals surface area contributed by atoms with E-state index in [1.807, 2.05) is 42.5 Å². The molecule has 0 atom stereocenters. The Balaban J connectivity index is 1.14. The summed E-state index contributed by atoms with van der Waals surface area (Å²) in [7, 11) is 0. The van der Waals surface area contributed by atoms with Crippen molar-refractivity contribution in [2.75, 3.05) is 26.4 Å². The van der Waals surface area contributed by atoms with Gasteiger partial charge in [0.15, 0.2) is 0 Å². The summed E-state index contributed by atoms with van der Waals surface area (Å²) < 4.78 is 17.3. The van der Waals surface area contributed by atoms with Crippen LogP contribution in [0.2, 0.25) is 0 Å². The molecule has 6 heteroatoms. The van der Waals surface area contributed by atoms with E-state index < -0.39 is 0 Å². The normalized spacial score (nSPS) is 12.7. The molecule has 0 aliphatic carbocycles. The Morgan fingerprint density at radius 2 is 1.24 bits per heavy atom. The Labute approximate surface area is 193 Å². The summed E-state index contributed by atoms with van der Waals surface area (Å²) in [6.45, 7) is 2.32. The minimum Gasteiger partial charge on any atom is -0.493 e. The van der Waals surface area contributed by atoms with Crippen molar-refractivity contribution in [3.05, 3.63) is 95.6 Å². The Morgan fingerprint density at radius 1 is 0.636 bits per heavy atom. The van der Waals surface area contributed by atoms with Crippen LogP contribution in [0.15, 0.2) is 78.9 Å². The summed E-state index contributed by atoms with van der Waals surface area (Å²) >= 11 is 0. The molecule has 0 saturated carbocycles. The van der Waals surface area contributed by atoms with Crippen LogP contribution in [0.25, 0.3) is 0 Å². The molecule has 0 spiro atoms. The number of ether oxygens (including phenoxy) is 3. The Bertz CT molecular complexity index is 1050. The first kappa shape index (κ1) is 22.6. The first-order chi connectivity index (χ1) is 16.2. The van der Waals surface area contributed by atoms with Crippen molar-refractivity contribution in [1.82, 2.24) is 4.90 Å². The first-order valence-electron chi connectivity index (χ1n) is 11.1. The van der Waals surface area contributed by atoms with Crippen LogP contribution in [0.5, 0.6) is 11.5 Å². The van der Waals surface area contributed by atoms with E-state index in [1.54, 1.807) is 24.3 Å². The third-order valence-corrected chi connectivity index (χ3v) is 5.33. The lowest BCUT2D eigenvalue weighted by Gasteiger charge is -2.15. The highest BCUT2D eigenvalue weighted by Crippen LogP contribution is 2.23. The van der Waals surface area contributed by atoms with Gasteiger partial charge in [-0.25, -0.2) is 0 Å². The number of hydrogen-bond acceptors (Lipinski definition) is 5. The number of nitrogens with zero attached hydrogens (tertiary/aromatic N) is 1. The van der Waals surface area contributed by atoms with Gasteiger partial charge in [0.2, 0.25) is 0 Å². The lowest BCUT2D eigenvalue weighted by Crippen LogP contribution is -2.33. The smallest absolute Gasteiger partial charge is 0.261 e. The van der Waals surface area contributed by atoms with Gasteiger partial charge in [0.1, 0.15) is 18.1 Å². The number of carbonyl (C=O) groups is 2. The van der Waals surface area contributed by atoms with Crippen LogP contribution in [-0.4, -0.2) is 43.1 Å². The van der Waals surface area contributed by atoms with Gasteiger partial charge in [-0.1, -0.05) is 48.5 Å². The largest absolute Gasteiger partial charge is 0.493 e. The highest BCUT2D eigenvalue weighted by atomic mass is 16.5. The molecule has 4 rings (SSSR count). The van der Waals surface area contributed by atoms with E-state index in [4.69, 9.17) is 14.2 Å². The van der Waals surface area contributed by atoms with E-state index in [0.29, 0.717) is 36.7 Å². The van der Waals surface area contributed by atoms with Crippen LogP contribution in [0, 0.1) is 0 Å². The Kier molecular flexibility index (Phi) is 7.72. The molecule has 1 aliphatic heterocycles. The Hall–Kier alpha value is -3.64. The third-order valence-electron chi connectivity index (χ3n) is 5.33. The van der Waals surface area contributed by atoms with E-state index >= 15 is 0 Å². The van der Waals surface area contributed by atoms with Crippen LogP contribution in [0.1, 0.15) is 39.1 Å². The first-order valence-corrected chi connectivity index (χ1v) is 11.1. The maximum absolute atomic E-state index is 12.4. The summed E-state index contributed by atoms with van der Waals surface area (Å²) in [5.74, 6) is 0.807. The van der Waals surface area contributed by atoms with E-state index in [2.05, 4.69) is 12.1 Å². The number of fused-ring (bicyclic) bond motifs is 1. The van der Waals surface area contributed by atoms with Gasteiger partial charge in [0.05, 0.1) is 30.9 Å². The fourth-order valence-electron chi connectivity index (χ4n) is 3.61.